The van der Waals surface area contributed by atoms with Crippen LogP contribution in [0.25, 0.3) is 0 Å². The molecule has 1 unspecified atom stereocenters. The molecule has 1 heterocycles. The Hall–Kier alpha value is -1.36. The van der Waals surface area contributed by atoms with Crippen LogP contribution in [0.4, 0.5) is 0 Å². The van der Waals surface area contributed by atoms with E-state index in [1.54, 1.807) is 20.4 Å². The molecule has 0 radical (unpaired) electrons. The molecular weight excluding hydrogens is 266 g/mol. The summed E-state index contributed by atoms with van der Waals surface area (Å²) in [6.07, 6.45) is 9.25. The number of methoxy groups -OCH3 is 2. The van der Waals surface area contributed by atoms with Crippen molar-refractivity contribution < 1.29 is 9.47 Å². The lowest BCUT2D eigenvalue weighted by Gasteiger charge is -2.31. The van der Waals surface area contributed by atoms with Crippen LogP contribution in [0, 0.1) is 5.92 Å². The normalized spacial score (nSPS) is 17.5. The fourth-order valence-electron chi connectivity index (χ4n) is 3.08. The summed E-state index contributed by atoms with van der Waals surface area (Å²) in [5, 5.41) is 3.64. The molecule has 21 heavy (non-hydrogen) atoms. The molecule has 118 valence electrons. The number of ether oxygens (including phenoxy) is 2. The average molecular weight is 293 g/mol. The third kappa shape index (κ3) is 4.06. The van der Waals surface area contributed by atoms with Gasteiger partial charge in [-0.15, -0.1) is 0 Å². The van der Waals surface area contributed by atoms with E-state index in [9.17, 15) is 0 Å². The summed E-state index contributed by atoms with van der Waals surface area (Å²) in [4.78, 5) is 8.96. The monoisotopic (exact) mass is 293 g/mol. The summed E-state index contributed by atoms with van der Waals surface area (Å²) >= 11 is 0. The van der Waals surface area contributed by atoms with Crippen molar-refractivity contribution in [2.75, 3.05) is 20.8 Å². The van der Waals surface area contributed by atoms with Gasteiger partial charge in [-0.1, -0.05) is 26.2 Å². The molecule has 5 heteroatoms. The first-order valence-electron chi connectivity index (χ1n) is 7.98. The summed E-state index contributed by atoms with van der Waals surface area (Å²) < 4.78 is 10.6. The minimum Gasteiger partial charge on any atom is -0.480 e. The molecule has 1 saturated carbocycles. The van der Waals surface area contributed by atoms with Crippen LogP contribution in [0.3, 0.4) is 0 Å². The first kappa shape index (κ1) is 16.0. The van der Waals surface area contributed by atoms with Gasteiger partial charge in [-0.25, -0.2) is 4.98 Å². The van der Waals surface area contributed by atoms with Gasteiger partial charge in [-0.05, 0) is 31.7 Å². The highest BCUT2D eigenvalue weighted by Crippen LogP contribution is 2.36. The minimum absolute atomic E-state index is 0.221. The van der Waals surface area contributed by atoms with Crippen LogP contribution in [0.1, 0.15) is 57.2 Å². The van der Waals surface area contributed by atoms with E-state index in [0.717, 1.165) is 18.7 Å². The largest absolute Gasteiger partial charge is 0.480 e. The zero-order chi connectivity index (χ0) is 15.1. The summed E-state index contributed by atoms with van der Waals surface area (Å²) in [5.41, 5.74) is 0.915. The Balaban J connectivity index is 2.25. The van der Waals surface area contributed by atoms with E-state index in [1.807, 2.05) is 0 Å². The van der Waals surface area contributed by atoms with E-state index in [4.69, 9.17) is 9.47 Å². The fraction of sp³-hybridized carbons (Fsp3) is 0.750. The first-order chi connectivity index (χ1) is 10.3. The van der Waals surface area contributed by atoms with Gasteiger partial charge in [0.25, 0.3) is 0 Å². The van der Waals surface area contributed by atoms with Crippen LogP contribution >= 0.6 is 0 Å². The molecule has 0 spiro atoms. The van der Waals surface area contributed by atoms with Crippen LogP contribution in [0.5, 0.6) is 11.8 Å². The van der Waals surface area contributed by atoms with E-state index < -0.39 is 0 Å². The molecule has 2 rings (SSSR count). The quantitative estimate of drug-likeness (QED) is 0.837. The summed E-state index contributed by atoms with van der Waals surface area (Å²) in [6, 6.07) is 0.221. The lowest BCUT2D eigenvalue weighted by atomic mass is 9.82. The summed E-state index contributed by atoms with van der Waals surface area (Å²) in [7, 11) is 3.24. The van der Waals surface area contributed by atoms with Crippen molar-refractivity contribution in [2.45, 2.75) is 51.5 Å². The first-order valence-corrected chi connectivity index (χ1v) is 7.98. The van der Waals surface area contributed by atoms with Crippen LogP contribution in [0.15, 0.2) is 6.20 Å². The lowest BCUT2D eigenvalue weighted by Crippen LogP contribution is -2.31. The standard InChI is InChI=1S/C16H27N3O2/c1-4-10-17-14(12-8-6-5-7-9-12)15-16(21-3)19-13(20-2)11-18-15/h11-12,14,17H,4-10H2,1-3H3. The Bertz CT molecular complexity index is 434. The third-order valence-electron chi connectivity index (χ3n) is 4.18. The van der Waals surface area contributed by atoms with E-state index in [0.29, 0.717) is 17.7 Å². The predicted molar refractivity (Wildman–Crippen MR) is 82.7 cm³/mol. The maximum Gasteiger partial charge on any atom is 0.240 e. The van der Waals surface area contributed by atoms with Crippen molar-refractivity contribution in [3.63, 3.8) is 0 Å². The van der Waals surface area contributed by atoms with Gasteiger partial charge in [0.1, 0.15) is 5.69 Å². The number of hydrogen-bond donors (Lipinski definition) is 1. The zero-order valence-electron chi connectivity index (χ0n) is 13.4. The van der Waals surface area contributed by atoms with Crippen molar-refractivity contribution in [3.8, 4) is 11.8 Å². The lowest BCUT2D eigenvalue weighted by molar-refractivity contribution is 0.257. The highest BCUT2D eigenvalue weighted by Gasteiger charge is 2.29. The highest BCUT2D eigenvalue weighted by atomic mass is 16.5. The maximum atomic E-state index is 5.45. The number of nitrogens with zero attached hydrogens (tertiary/aromatic N) is 2. The SMILES string of the molecule is CCCNC(c1ncc(OC)nc1OC)C1CCCCC1. The fourth-order valence-corrected chi connectivity index (χ4v) is 3.08. The van der Waals surface area contributed by atoms with Crippen molar-refractivity contribution in [1.29, 1.82) is 0 Å². The molecule has 1 N–H and O–H groups in total. The molecule has 1 atom stereocenters. The number of hydrogen-bond acceptors (Lipinski definition) is 5. The van der Waals surface area contributed by atoms with Gasteiger partial charge in [0.05, 0.1) is 26.5 Å². The van der Waals surface area contributed by atoms with Gasteiger partial charge in [-0.3, -0.25) is 0 Å². The maximum absolute atomic E-state index is 5.45. The molecule has 1 aromatic rings. The Morgan fingerprint density at radius 2 is 2.00 bits per heavy atom. The van der Waals surface area contributed by atoms with Crippen LogP contribution in [-0.2, 0) is 0 Å². The molecule has 0 saturated heterocycles. The Morgan fingerprint density at radius 3 is 2.62 bits per heavy atom. The molecule has 1 aliphatic rings. The molecule has 1 aromatic heterocycles. The Labute approximate surface area is 127 Å². The van der Waals surface area contributed by atoms with Crippen molar-refractivity contribution in [1.82, 2.24) is 15.3 Å². The second-order valence-electron chi connectivity index (χ2n) is 5.64. The molecule has 1 aliphatic carbocycles. The second kappa shape index (κ2) is 8.17. The van der Waals surface area contributed by atoms with E-state index in [1.165, 1.54) is 32.1 Å². The molecule has 5 nitrogen and oxygen atoms in total. The molecular formula is C16H27N3O2. The van der Waals surface area contributed by atoms with E-state index in [-0.39, 0.29) is 6.04 Å². The number of aromatic nitrogens is 2. The molecule has 0 amide bonds. The Kier molecular flexibility index (Phi) is 6.23. The second-order valence-corrected chi connectivity index (χ2v) is 5.64. The van der Waals surface area contributed by atoms with E-state index in [2.05, 4.69) is 22.2 Å². The Morgan fingerprint density at radius 1 is 1.24 bits per heavy atom. The van der Waals surface area contributed by atoms with Crippen LogP contribution in [0.2, 0.25) is 0 Å². The van der Waals surface area contributed by atoms with Gasteiger partial charge in [0.15, 0.2) is 0 Å². The molecule has 0 aromatic carbocycles. The average Bonchev–Trinajstić information content (AvgIpc) is 2.56. The van der Waals surface area contributed by atoms with Crippen LogP contribution < -0.4 is 14.8 Å². The van der Waals surface area contributed by atoms with Gasteiger partial charge in [0.2, 0.25) is 11.8 Å². The van der Waals surface area contributed by atoms with Crippen molar-refractivity contribution in [2.24, 2.45) is 5.92 Å². The highest BCUT2D eigenvalue weighted by molar-refractivity contribution is 5.26. The summed E-state index contributed by atoms with van der Waals surface area (Å²) in [5.74, 6) is 1.68. The number of nitrogens with one attached hydrogen (secondary N) is 1. The van der Waals surface area contributed by atoms with Gasteiger partial charge in [0, 0.05) is 0 Å². The topological polar surface area (TPSA) is 56.3 Å². The predicted octanol–water partition coefficient (Wildman–Crippen LogP) is 3.11. The zero-order valence-corrected chi connectivity index (χ0v) is 13.4. The van der Waals surface area contributed by atoms with Gasteiger partial charge >= 0.3 is 0 Å². The third-order valence-corrected chi connectivity index (χ3v) is 4.18. The van der Waals surface area contributed by atoms with Gasteiger partial charge < -0.3 is 14.8 Å². The van der Waals surface area contributed by atoms with Crippen LogP contribution in [-0.4, -0.2) is 30.7 Å². The molecule has 0 bridgehead atoms. The van der Waals surface area contributed by atoms with E-state index >= 15 is 0 Å². The minimum atomic E-state index is 0.221. The van der Waals surface area contributed by atoms with Crippen molar-refractivity contribution in [3.05, 3.63) is 11.9 Å². The molecule has 0 aliphatic heterocycles. The smallest absolute Gasteiger partial charge is 0.240 e. The van der Waals surface area contributed by atoms with Crippen molar-refractivity contribution >= 4 is 0 Å². The molecule has 1 fully saturated rings. The number of rotatable bonds is 7. The summed E-state index contributed by atoms with van der Waals surface area (Å²) in [6.45, 7) is 3.17. The van der Waals surface area contributed by atoms with Gasteiger partial charge in [-0.2, -0.15) is 4.98 Å².